The summed E-state index contributed by atoms with van der Waals surface area (Å²) in [5.41, 5.74) is 7.65. The fourth-order valence-electron chi connectivity index (χ4n) is 3.15. The quantitative estimate of drug-likeness (QED) is 0.683. The molecule has 1 heterocycles. The molecule has 5 nitrogen and oxygen atoms in total. The highest BCUT2D eigenvalue weighted by Gasteiger charge is 2.20. The number of aromatic nitrogens is 1. The van der Waals surface area contributed by atoms with Crippen LogP contribution in [-0.4, -0.2) is 22.2 Å². The predicted octanol–water partition coefficient (Wildman–Crippen LogP) is 2.23. The molecule has 3 N–H and O–H groups in total. The molecule has 0 bridgehead atoms. The molecule has 0 saturated carbocycles. The molecule has 27 heavy (non-hydrogen) atoms. The molecule has 0 aliphatic rings. The molecule has 0 atom stereocenters. The number of aliphatic hydroxyl groups excluding tert-OH is 1. The molecule has 3 aromatic rings. The summed E-state index contributed by atoms with van der Waals surface area (Å²) in [6, 6.07) is 12.3. The van der Waals surface area contributed by atoms with Gasteiger partial charge in [-0.3, -0.25) is 9.59 Å². The zero-order valence-corrected chi connectivity index (χ0v) is 15.4. The highest BCUT2D eigenvalue weighted by atomic mass is 35.5. The molecule has 0 aliphatic carbocycles. The van der Waals surface area contributed by atoms with E-state index in [2.05, 4.69) is 11.8 Å². The summed E-state index contributed by atoms with van der Waals surface area (Å²) in [7, 11) is 1.77. The van der Waals surface area contributed by atoms with E-state index in [4.69, 9.17) is 22.4 Å². The Morgan fingerprint density at radius 3 is 2.56 bits per heavy atom. The van der Waals surface area contributed by atoms with Gasteiger partial charge in [-0.05, 0) is 29.8 Å². The van der Waals surface area contributed by atoms with Gasteiger partial charge in [0.2, 0.25) is 5.43 Å². The van der Waals surface area contributed by atoms with E-state index in [1.54, 1.807) is 41.9 Å². The van der Waals surface area contributed by atoms with Crippen LogP contribution in [0.5, 0.6) is 0 Å². The average molecular weight is 381 g/mol. The third-order valence-corrected chi connectivity index (χ3v) is 4.62. The fraction of sp³-hybridized carbons (Fsp3) is 0.143. The minimum absolute atomic E-state index is 0.0350. The van der Waals surface area contributed by atoms with E-state index >= 15 is 0 Å². The van der Waals surface area contributed by atoms with E-state index in [1.807, 2.05) is 12.1 Å². The summed E-state index contributed by atoms with van der Waals surface area (Å²) in [4.78, 5) is 25.0. The van der Waals surface area contributed by atoms with Crippen LogP contribution < -0.4 is 11.2 Å². The van der Waals surface area contributed by atoms with Crippen molar-refractivity contribution >= 4 is 28.4 Å². The van der Waals surface area contributed by atoms with Gasteiger partial charge in [-0.2, -0.15) is 0 Å². The Balaban J connectivity index is 2.34. The number of amides is 1. The summed E-state index contributed by atoms with van der Waals surface area (Å²) in [6.45, 7) is -0.290. The minimum Gasteiger partial charge on any atom is -0.384 e. The number of hydrogen-bond acceptors (Lipinski definition) is 3. The molecule has 0 spiro atoms. The van der Waals surface area contributed by atoms with E-state index < -0.39 is 11.3 Å². The molecule has 1 amide bonds. The number of rotatable bonds is 3. The van der Waals surface area contributed by atoms with E-state index in [0.717, 1.165) is 5.56 Å². The molecule has 0 unspecified atom stereocenters. The number of fused-ring (bicyclic) bond motifs is 1. The maximum Gasteiger partial charge on any atom is 0.254 e. The number of aliphatic hydroxyl groups is 1. The summed E-state index contributed by atoms with van der Waals surface area (Å²) >= 11 is 5.94. The van der Waals surface area contributed by atoms with Gasteiger partial charge in [0.15, 0.2) is 0 Å². The number of carbonyl (C=O) groups is 1. The van der Waals surface area contributed by atoms with Gasteiger partial charge in [0.05, 0.1) is 5.52 Å². The van der Waals surface area contributed by atoms with Crippen LogP contribution in [0, 0.1) is 11.8 Å². The predicted molar refractivity (Wildman–Crippen MR) is 106 cm³/mol. The second-order valence-electron chi connectivity index (χ2n) is 6.04. The molecule has 0 aliphatic heterocycles. The summed E-state index contributed by atoms with van der Waals surface area (Å²) in [5, 5.41) is 9.96. The lowest BCUT2D eigenvalue weighted by atomic mass is 9.99. The topological polar surface area (TPSA) is 85.3 Å². The maximum atomic E-state index is 13.0. The summed E-state index contributed by atoms with van der Waals surface area (Å²) in [5.74, 6) is 4.69. The smallest absolute Gasteiger partial charge is 0.254 e. The molecular weight excluding hydrogens is 364 g/mol. The normalized spacial score (nSPS) is 10.5. The first-order valence-electron chi connectivity index (χ1n) is 8.22. The van der Waals surface area contributed by atoms with Crippen molar-refractivity contribution < 1.29 is 9.90 Å². The maximum absolute atomic E-state index is 13.0. The number of pyridine rings is 1. The SMILES string of the molecule is Cn1c(Cc2ccc(Cl)cc2)c(C(N)=O)c(=O)c2cccc(C#CCO)c21. The molecule has 2 aromatic carbocycles. The van der Waals surface area contributed by atoms with Gasteiger partial charge in [-0.1, -0.05) is 41.6 Å². The fourth-order valence-corrected chi connectivity index (χ4v) is 3.27. The molecule has 1 aromatic heterocycles. The van der Waals surface area contributed by atoms with Gasteiger partial charge in [0, 0.05) is 35.1 Å². The largest absolute Gasteiger partial charge is 0.384 e. The minimum atomic E-state index is -0.770. The number of primary amides is 1. The Labute approximate surface area is 161 Å². The third kappa shape index (κ3) is 3.59. The van der Waals surface area contributed by atoms with Crippen molar-refractivity contribution in [1.82, 2.24) is 4.57 Å². The number of aryl methyl sites for hydroxylation is 1. The second-order valence-corrected chi connectivity index (χ2v) is 6.48. The molecule has 6 heteroatoms. The van der Waals surface area contributed by atoms with E-state index in [1.165, 1.54) is 0 Å². The van der Waals surface area contributed by atoms with Gasteiger partial charge < -0.3 is 15.4 Å². The van der Waals surface area contributed by atoms with Crippen molar-refractivity contribution in [2.75, 3.05) is 6.61 Å². The highest BCUT2D eigenvalue weighted by molar-refractivity contribution is 6.30. The third-order valence-electron chi connectivity index (χ3n) is 4.37. The van der Waals surface area contributed by atoms with Gasteiger partial charge >= 0.3 is 0 Å². The molecular formula is C21H17ClN2O3. The Kier molecular flexibility index (Phi) is 5.31. The van der Waals surface area contributed by atoms with Crippen LogP contribution in [0.25, 0.3) is 10.9 Å². The van der Waals surface area contributed by atoms with Gasteiger partial charge in [0.25, 0.3) is 5.91 Å². The first-order valence-corrected chi connectivity index (χ1v) is 8.60. The second kappa shape index (κ2) is 7.67. The van der Waals surface area contributed by atoms with Crippen LogP contribution in [0.4, 0.5) is 0 Å². The van der Waals surface area contributed by atoms with Crippen LogP contribution in [0.3, 0.4) is 0 Å². The zero-order valence-electron chi connectivity index (χ0n) is 14.6. The lowest BCUT2D eigenvalue weighted by Gasteiger charge is -2.17. The highest BCUT2D eigenvalue weighted by Crippen LogP contribution is 2.22. The van der Waals surface area contributed by atoms with E-state index in [0.29, 0.717) is 33.6 Å². The number of hydrogen-bond donors (Lipinski definition) is 2. The number of para-hydroxylation sites is 1. The Hall–Kier alpha value is -3.07. The zero-order chi connectivity index (χ0) is 19.6. The first-order chi connectivity index (χ1) is 12.9. The Morgan fingerprint density at radius 2 is 1.93 bits per heavy atom. The Bertz CT molecular complexity index is 1150. The van der Waals surface area contributed by atoms with Crippen LogP contribution in [0.15, 0.2) is 47.3 Å². The van der Waals surface area contributed by atoms with Gasteiger partial charge in [0.1, 0.15) is 12.2 Å². The van der Waals surface area contributed by atoms with Crippen LogP contribution in [-0.2, 0) is 13.5 Å². The lowest BCUT2D eigenvalue weighted by Crippen LogP contribution is -2.28. The van der Waals surface area contributed by atoms with E-state index in [9.17, 15) is 9.59 Å². The number of halogens is 1. The lowest BCUT2D eigenvalue weighted by molar-refractivity contribution is 0.0998. The van der Waals surface area contributed by atoms with Gasteiger partial charge in [-0.15, -0.1) is 0 Å². The molecule has 0 saturated heterocycles. The van der Waals surface area contributed by atoms with Gasteiger partial charge in [-0.25, -0.2) is 0 Å². The number of nitrogens with zero attached hydrogens (tertiary/aromatic N) is 1. The molecule has 0 radical (unpaired) electrons. The first kappa shape index (κ1) is 18.7. The number of benzene rings is 2. The van der Waals surface area contributed by atoms with Crippen molar-refractivity contribution in [3.05, 3.63) is 80.1 Å². The monoisotopic (exact) mass is 380 g/mol. The summed E-state index contributed by atoms with van der Waals surface area (Å²) in [6.07, 6.45) is 0.332. The molecule has 0 fully saturated rings. The number of nitrogens with two attached hydrogens (primary N) is 1. The van der Waals surface area contributed by atoms with Crippen LogP contribution >= 0.6 is 11.6 Å². The van der Waals surface area contributed by atoms with Crippen molar-refractivity contribution in [2.45, 2.75) is 6.42 Å². The standard InChI is InChI=1S/C21H17ClN2O3/c1-24-17(12-13-7-9-15(22)10-8-13)18(21(23)27)20(26)16-6-2-4-14(19(16)24)5-3-11-25/h2,4,6-10,25H,11-12H2,1H3,(H2,23,27). The van der Waals surface area contributed by atoms with Crippen molar-refractivity contribution in [2.24, 2.45) is 12.8 Å². The average Bonchev–Trinajstić information content (AvgIpc) is 2.65. The van der Waals surface area contributed by atoms with Crippen molar-refractivity contribution in [3.63, 3.8) is 0 Å². The molecule has 3 rings (SSSR count). The van der Waals surface area contributed by atoms with E-state index in [-0.39, 0.29) is 12.2 Å². The van der Waals surface area contributed by atoms with Crippen LogP contribution in [0.2, 0.25) is 5.02 Å². The van der Waals surface area contributed by atoms with Crippen molar-refractivity contribution in [3.8, 4) is 11.8 Å². The number of carbonyl (C=O) groups excluding carboxylic acids is 1. The Morgan fingerprint density at radius 1 is 1.22 bits per heavy atom. The van der Waals surface area contributed by atoms with Crippen molar-refractivity contribution in [1.29, 1.82) is 0 Å². The summed E-state index contributed by atoms with van der Waals surface area (Å²) < 4.78 is 1.77. The van der Waals surface area contributed by atoms with Crippen LogP contribution in [0.1, 0.15) is 27.2 Å². The molecule has 136 valence electrons.